The summed E-state index contributed by atoms with van der Waals surface area (Å²) in [6, 6.07) is 26.7. The zero-order valence-electron chi connectivity index (χ0n) is 13.0. The number of fused-ring (bicyclic) bond motifs is 1. The van der Waals surface area contributed by atoms with Gasteiger partial charge in [0.1, 0.15) is 0 Å². The van der Waals surface area contributed by atoms with Crippen molar-refractivity contribution in [3.63, 3.8) is 0 Å². The van der Waals surface area contributed by atoms with Gasteiger partial charge in [0.15, 0.2) is 0 Å². The molecule has 3 heteroatoms. The Bertz CT molecular complexity index is 870. The molecule has 1 aliphatic rings. The minimum Gasteiger partial charge on any atom is -0.373 e. The second-order valence-corrected chi connectivity index (χ2v) is 6.23. The number of rotatable bonds is 2. The first-order valence-corrected chi connectivity index (χ1v) is 8.33. The molecule has 1 aliphatic heterocycles. The second-order valence-electron chi connectivity index (χ2n) is 5.79. The van der Waals surface area contributed by atoms with Crippen LogP contribution in [0.15, 0.2) is 84.9 Å². The molecule has 0 saturated heterocycles. The standard InChI is InChI=1S/C21H17ClN2/c22-17-12-10-16(11-13-17)21-14-20(15-6-2-1-3-7-15)23-18-8-4-5-9-19(18)24-21/h1-14,20,23-24H. The van der Waals surface area contributed by atoms with Crippen molar-refractivity contribution in [3.05, 3.63) is 101 Å². The molecule has 0 saturated carbocycles. The number of nitrogens with one attached hydrogen (secondary N) is 2. The van der Waals surface area contributed by atoms with Crippen LogP contribution in [0, 0.1) is 0 Å². The predicted molar refractivity (Wildman–Crippen MR) is 102 cm³/mol. The number of para-hydroxylation sites is 2. The Labute approximate surface area is 146 Å². The minimum atomic E-state index is 0.0908. The van der Waals surface area contributed by atoms with Gasteiger partial charge in [0, 0.05) is 10.7 Å². The topological polar surface area (TPSA) is 24.1 Å². The van der Waals surface area contributed by atoms with Crippen molar-refractivity contribution in [2.75, 3.05) is 10.6 Å². The Morgan fingerprint density at radius 3 is 2.12 bits per heavy atom. The van der Waals surface area contributed by atoms with E-state index < -0.39 is 0 Å². The molecule has 4 rings (SSSR count). The summed E-state index contributed by atoms with van der Waals surface area (Å²) in [7, 11) is 0. The van der Waals surface area contributed by atoms with E-state index in [1.54, 1.807) is 0 Å². The summed E-state index contributed by atoms with van der Waals surface area (Å²) in [4.78, 5) is 0. The van der Waals surface area contributed by atoms with Crippen LogP contribution in [0.3, 0.4) is 0 Å². The lowest BCUT2D eigenvalue weighted by atomic mass is 10.0. The van der Waals surface area contributed by atoms with E-state index in [4.69, 9.17) is 11.6 Å². The summed E-state index contributed by atoms with van der Waals surface area (Å²) in [5.74, 6) is 0. The number of hydrogen-bond donors (Lipinski definition) is 2. The maximum absolute atomic E-state index is 6.04. The van der Waals surface area contributed by atoms with Gasteiger partial charge in [-0.15, -0.1) is 0 Å². The first-order valence-electron chi connectivity index (χ1n) is 7.95. The number of hydrogen-bond acceptors (Lipinski definition) is 2. The van der Waals surface area contributed by atoms with Gasteiger partial charge in [0.25, 0.3) is 0 Å². The van der Waals surface area contributed by atoms with Gasteiger partial charge in [-0.25, -0.2) is 0 Å². The number of halogens is 1. The molecule has 0 bridgehead atoms. The third kappa shape index (κ3) is 3.01. The van der Waals surface area contributed by atoms with Crippen LogP contribution in [0.2, 0.25) is 5.02 Å². The maximum Gasteiger partial charge on any atom is 0.0721 e. The van der Waals surface area contributed by atoms with Crippen LogP contribution in [0.5, 0.6) is 0 Å². The lowest BCUT2D eigenvalue weighted by molar-refractivity contribution is 0.992. The van der Waals surface area contributed by atoms with Gasteiger partial charge in [-0.3, -0.25) is 0 Å². The van der Waals surface area contributed by atoms with Crippen LogP contribution in [0.4, 0.5) is 11.4 Å². The van der Waals surface area contributed by atoms with E-state index in [0.29, 0.717) is 0 Å². The molecule has 3 aromatic rings. The van der Waals surface area contributed by atoms with E-state index in [2.05, 4.69) is 53.1 Å². The van der Waals surface area contributed by atoms with Gasteiger partial charge in [0.2, 0.25) is 0 Å². The Balaban J connectivity index is 1.81. The summed E-state index contributed by atoms with van der Waals surface area (Å²) in [5.41, 5.74) is 5.56. The highest BCUT2D eigenvalue weighted by Gasteiger charge is 2.17. The van der Waals surface area contributed by atoms with Crippen molar-refractivity contribution in [2.45, 2.75) is 6.04 Å². The Morgan fingerprint density at radius 1 is 0.708 bits per heavy atom. The molecule has 3 aromatic carbocycles. The van der Waals surface area contributed by atoms with Gasteiger partial charge in [0.05, 0.1) is 17.4 Å². The quantitative estimate of drug-likeness (QED) is 0.605. The molecule has 0 aromatic heterocycles. The molecule has 2 N–H and O–H groups in total. The molecule has 24 heavy (non-hydrogen) atoms. The smallest absolute Gasteiger partial charge is 0.0721 e. The van der Waals surface area contributed by atoms with Crippen molar-refractivity contribution < 1.29 is 0 Å². The molecular formula is C21H17ClN2. The molecule has 0 radical (unpaired) electrons. The van der Waals surface area contributed by atoms with Crippen LogP contribution >= 0.6 is 11.6 Å². The van der Waals surface area contributed by atoms with Gasteiger partial charge in [-0.2, -0.15) is 0 Å². The van der Waals surface area contributed by atoms with E-state index in [1.165, 1.54) is 5.56 Å². The highest BCUT2D eigenvalue weighted by Crippen LogP contribution is 2.34. The molecule has 118 valence electrons. The minimum absolute atomic E-state index is 0.0908. The SMILES string of the molecule is Clc1ccc(C2=CC(c3ccccc3)Nc3ccccc3N2)cc1. The summed E-state index contributed by atoms with van der Waals surface area (Å²) < 4.78 is 0. The van der Waals surface area contributed by atoms with Crippen molar-refractivity contribution in [1.82, 2.24) is 0 Å². The lowest BCUT2D eigenvalue weighted by Crippen LogP contribution is -2.07. The molecule has 2 nitrogen and oxygen atoms in total. The van der Waals surface area contributed by atoms with Crippen LogP contribution in [-0.4, -0.2) is 0 Å². The Hall–Kier alpha value is -2.71. The molecule has 0 spiro atoms. The van der Waals surface area contributed by atoms with Gasteiger partial charge >= 0.3 is 0 Å². The monoisotopic (exact) mass is 332 g/mol. The van der Waals surface area contributed by atoms with Crippen molar-refractivity contribution in [1.29, 1.82) is 0 Å². The first kappa shape index (κ1) is 14.9. The zero-order valence-corrected chi connectivity index (χ0v) is 13.8. The fraction of sp³-hybridized carbons (Fsp3) is 0.0476. The molecule has 0 fully saturated rings. The third-order valence-corrected chi connectivity index (χ3v) is 4.41. The number of benzene rings is 3. The molecule has 1 heterocycles. The van der Waals surface area contributed by atoms with E-state index in [0.717, 1.165) is 27.7 Å². The summed E-state index contributed by atoms with van der Waals surface area (Å²) in [6.07, 6.45) is 2.22. The average molecular weight is 333 g/mol. The second kappa shape index (κ2) is 6.42. The van der Waals surface area contributed by atoms with Crippen LogP contribution in [-0.2, 0) is 0 Å². The van der Waals surface area contributed by atoms with Gasteiger partial charge in [-0.1, -0.05) is 66.2 Å². The van der Waals surface area contributed by atoms with Crippen molar-refractivity contribution in [3.8, 4) is 0 Å². The van der Waals surface area contributed by atoms with Crippen molar-refractivity contribution in [2.24, 2.45) is 0 Å². The van der Waals surface area contributed by atoms with Gasteiger partial charge in [-0.05, 0) is 41.5 Å². The van der Waals surface area contributed by atoms with E-state index >= 15 is 0 Å². The molecule has 0 aliphatic carbocycles. The highest BCUT2D eigenvalue weighted by molar-refractivity contribution is 6.30. The van der Waals surface area contributed by atoms with Crippen LogP contribution in [0.1, 0.15) is 17.2 Å². The third-order valence-electron chi connectivity index (χ3n) is 4.15. The normalized spacial score (nSPS) is 16.2. The Morgan fingerprint density at radius 2 is 1.38 bits per heavy atom. The highest BCUT2D eigenvalue weighted by atomic mass is 35.5. The largest absolute Gasteiger partial charge is 0.373 e. The van der Waals surface area contributed by atoms with Crippen molar-refractivity contribution >= 4 is 28.7 Å². The molecule has 1 unspecified atom stereocenters. The Kier molecular flexibility index (Phi) is 3.97. The van der Waals surface area contributed by atoms with Crippen LogP contribution < -0.4 is 10.6 Å². The van der Waals surface area contributed by atoms with Crippen LogP contribution in [0.25, 0.3) is 5.70 Å². The summed E-state index contributed by atoms with van der Waals surface area (Å²) >= 11 is 6.04. The van der Waals surface area contributed by atoms with E-state index in [1.807, 2.05) is 42.5 Å². The molecule has 1 atom stereocenters. The summed E-state index contributed by atoms with van der Waals surface area (Å²) in [6.45, 7) is 0. The fourth-order valence-electron chi connectivity index (χ4n) is 2.92. The van der Waals surface area contributed by atoms with Gasteiger partial charge < -0.3 is 10.6 Å². The summed E-state index contributed by atoms with van der Waals surface area (Å²) in [5, 5.41) is 7.91. The molecule has 0 amide bonds. The number of anilines is 2. The predicted octanol–water partition coefficient (Wildman–Crippen LogP) is 5.96. The van der Waals surface area contributed by atoms with E-state index in [-0.39, 0.29) is 6.04 Å². The average Bonchev–Trinajstić information content (AvgIpc) is 2.83. The lowest BCUT2D eigenvalue weighted by Gasteiger charge is -2.16. The van der Waals surface area contributed by atoms with E-state index in [9.17, 15) is 0 Å². The molecular weight excluding hydrogens is 316 g/mol. The zero-order chi connectivity index (χ0) is 16.4. The fourth-order valence-corrected chi connectivity index (χ4v) is 3.04. The maximum atomic E-state index is 6.04. The first-order chi connectivity index (χ1) is 11.8.